The molecule has 0 aromatic carbocycles. The van der Waals surface area contributed by atoms with Crippen LogP contribution in [0.1, 0.15) is 26.2 Å². The zero-order valence-corrected chi connectivity index (χ0v) is 8.09. The number of rotatable bonds is 4. The molecule has 1 aliphatic rings. The maximum atomic E-state index is 10.5. The minimum absolute atomic E-state index is 0.176. The van der Waals surface area contributed by atoms with Crippen LogP contribution in [0.25, 0.3) is 0 Å². The van der Waals surface area contributed by atoms with Gasteiger partial charge in [-0.3, -0.25) is 4.79 Å². The van der Waals surface area contributed by atoms with E-state index in [9.17, 15) is 4.79 Å². The molecule has 3 nitrogen and oxygen atoms in total. The molecule has 12 heavy (non-hydrogen) atoms. The number of carbonyl (C=O) groups is 1. The lowest BCUT2D eigenvalue weighted by atomic mass is 10.2. The first kappa shape index (κ1) is 9.52. The second kappa shape index (κ2) is 3.44. The Balaban J connectivity index is 2.18. The summed E-state index contributed by atoms with van der Waals surface area (Å²) in [6, 6.07) is 0. The van der Waals surface area contributed by atoms with Crippen molar-refractivity contribution in [2.45, 2.75) is 31.7 Å². The molecule has 0 spiro atoms. The maximum absolute atomic E-state index is 10.5. The third-order valence-corrected chi connectivity index (χ3v) is 2.65. The quantitative estimate of drug-likeness (QED) is 0.592. The molecule has 0 bridgehead atoms. The average Bonchev–Trinajstić information content (AvgIpc) is 2.68. The van der Waals surface area contributed by atoms with E-state index in [1.54, 1.807) is 0 Å². The van der Waals surface area contributed by atoms with Crippen molar-refractivity contribution in [1.29, 1.82) is 0 Å². The van der Waals surface area contributed by atoms with Crippen LogP contribution in [0.2, 0.25) is 0 Å². The minimum atomic E-state index is -0.176. The summed E-state index contributed by atoms with van der Waals surface area (Å²) in [6.45, 7) is 2.02. The molecule has 0 radical (unpaired) electrons. The lowest BCUT2D eigenvalue weighted by molar-refractivity contribution is -0.141. The van der Waals surface area contributed by atoms with Gasteiger partial charge in [0.15, 0.2) is 0 Å². The van der Waals surface area contributed by atoms with Gasteiger partial charge in [-0.05, 0) is 33.4 Å². The molecule has 3 heteroatoms. The standard InChI is InChI=1S/C9H17NO2/c1-8(11)12-7-6-9(4-5-9)10(2)3/h4-7H2,1-3H3. The molecule has 1 aliphatic carbocycles. The van der Waals surface area contributed by atoms with Crippen molar-refractivity contribution < 1.29 is 9.53 Å². The summed E-state index contributed by atoms with van der Waals surface area (Å²) >= 11 is 0. The molecule has 70 valence electrons. The maximum Gasteiger partial charge on any atom is 0.302 e. The lowest BCUT2D eigenvalue weighted by Gasteiger charge is -2.23. The molecule has 0 atom stereocenters. The fraction of sp³-hybridized carbons (Fsp3) is 0.889. The van der Waals surface area contributed by atoms with Crippen molar-refractivity contribution in [3.05, 3.63) is 0 Å². The zero-order chi connectivity index (χ0) is 9.19. The molecule has 0 saturated heterocycles. The predicted octanol–water partition coefficient (Wildman–Crippen LogP) is 1.03. The fourth-order valence-electron chi connectivity index (χ4n) is 1.45. The van der Waals surface area contributed by atoms with Gasteiger partial charge >= 0.3 is 5.97 Å². The van der Waals surface area contributed by atoms with E-state index >= 15 is 0 Å². The Hall–Kier alpha value is -0.570. The first-order chi connectivity index (χ1) is 5.57. The fourth-order valence-corrected chi connectivity index (χ4v) is 1.45. The Kier molecular flexibility index (Phi) is 2.73. The van der Waals surface area contributed by atoms with Crippen LogP contribution in [0.3, 0.4) is 0 Å². The Labute approximate surface area is 73.7 Å². The third-order valence-electron chi connectivity index (χ3n) is 2.65. The van der Waals surface area contributed by atoms with Gasteiger partial charge in [-0.15, -0.1) is 0 Å². The van der Waals surface area contributed by atoms with Crippen LogP contribution in [-0.2, 0) is 9.53 Å². The largest absolute Gasteiger partial charge is 0.466 e. The SMILES string of the molecule is CC(=O)OCCC1(N(C)C)CC1. The molecule has 0 aromatic rings. The van der Waals surface area contributed by atoms with E-state index in [1.807, 2.05) is 0 Å². The number of carbonyl (C=O) groups excluding carboxylic acids is 1. The van der Waals surface area contributed by atoms with Crippen molar-refractivity contribution in [3.63, 3.8) is 0 Å². The highest BCUT2D eigenvalue weighted by molar-refractivity contribution is 5.65. The van der Waals surface area contributed by atoms with Crippen LogP contribution < -0.4 is 0 Å². The van der Waals surface area contributed by atoms with Crippen LogP contribution >= 0.6 is 0 Å². The van der Waals surface area contributed by atoms with Gasteiger partial charge in [-0.2, -0.15) is 0 Å². The van der Waals surface area contributed by atoms with Gasteiger partial charge in [0.05, 0.1) is 6.61 Å². The molecular formula is C9H17NO2. The second-order valence-corrected chi connectivity index (χ2v) is 3.71. The van der Waals surface area contributed by atoms with Crippen LogP contribution in [-0.4, -0.2) is 37.1 Å². The summed E-state index contributed by atoms with van der Waals surface area (Å²) in [7, 11) is 4.17. The summed E-state index contributed by atoms with van der Waals surface area (Å²) in [5, 5.41) is 0. The highest BCUT2D eigenvalue weighted by Crippen LogP contribution is 2.42. The van der Waals surface area contributed by atoms with Gasteiger partial charge in [0, 0.05) is 12.5 Å². The molecule has 0 amide bonds. The van der Waals surface area contributed by atoms with Crippen LogP contribution in [0, 0.1) is 0 Å². The summed E-state index contributed by atoms with van der Waals surface area (Å²) in [6.07, 6.45) is 3.45. The Morgan fingerprint density at radius 2 is 2.08 bits per heavy atom. The molecule has 0 unspecified atom stereocenters. The van der Waals surface area contributed by atoms with E-state index in [0.717, 1.165) is 6.42 Å². The molecule has 0 N–H and O–H groups in total. The topological polar surface area (TPSA) is 29.5 Å². The Morgan fingerprint density at radius 1 is 1.50 bits per heavy atom. The molecule has 1 rings (SSSR count). The van der Waals surface area contributed by atoms with Gasteiger partial charge in [0.2, 0.25) is 0 Å². The van der Waals surface area contributed by atoms with Gasteiger partial charge in [-0.25, -0.2) is 0 Å². The van der Waals surface area contributed by atoms with E-state index in [1.165, 1.54) is 19.8 Å². The van der Waals surface area contributed by atoms with Gasteiger partial charge in [0.25, 0.3) is 0 Å². The summed E-state index contributed by atoms with van der Waals surface area (Å²) in [5.74, 6) is -0.176. The van der Waals surface area contributed by atoms with Crippen molar-refractivity contribution in [2.24, 2.45) is 0 Å². The predicted molar refractivity (Wildman–Crippen MR) is 46.9 cm³/mol. The van der Waals surface area contributed by atoms with E-state index in [4.69, 9.17) is 4.74 Å². The van der Waals surface area contributed by atoms with Crippen LogP contribution in [0.15, 0.2) is 0 Å². The summed E-state index contributed by atoms with van der Waals surface area (Å²) in [4.78, 5) is 12.7. The summed E-state index contributed by atoms with van der Waals surface area (Å²) < 4.78 is 4.90. The highest BCUT2D eigenvalue weighted by atomic mass is 16.5. The molecule has 1 saturated carbocycles. The van der Waals surface area contributed by atoms with Crippen molar-refractivity contribution in [3.8, 4) is 0 Å². The number of hydrogen-bond donors (Lipinski definition) is 0. The van der Waals surface area contributed by atoms with E-state index in [2.05, 4.69) is 19.0 Å². The number of esters is 1. The van der Waals surface area contributed by atoms with Crippen LogP contribution in [0.4, 0.5) is 0 Å². The highest BCUT2D eigenvalue weighted by Gasteiger charge is 2.44. The summed E-state index contributed by atoms with van der Waals surface area (Å²) in [5.41, 5.74) is 0.343. The number of hydrogen-bond acceptors (Lipinski definition) is 3. The van der Waals surface area contributed by atoms with Gasteiger partial charge in [0.1, 0.15) is 0 Å². The van der Waals surface area contributed by atoms with Crippen molar-refractivity contribution >= 4 is 5.97 Å². The van der Waals surface area contributed by atoms with E-state index in [0.29, 0.717) is 12.1 Å². The molecular weight excluding hydrogens is 154 g/mol. The van der Waals surface area contributed by atoms with Crippen molar-refractivity contribution in [1.82, 2.24) is 4.90 Å². The first-order valence-electron chi connectivity index (χ1n) is 4.38. The lowest BCUT2D eigenvalue weighted by Crippen LogP contribution is -2.31. The Morgan fingerprint density at radius 3 is 2.42 bits per heavy atom. The van der Waals surface area contributed by atoms with Crippen LogP contribution in [0.5, 0.6) is 0 Å². The third kappa shape index (κ3) is 2.21. The van der Waals surface area contributed by atoms with E-state index < -0.39 is 0 Å². The monoisotopic (exact) mass is 171 g/mol. The first-order valence-corrected chi connectivity index (χ1v) is 4.38. The number of ether oxygens (including phenoxy) is 1. The minimum Gasteiger partial charge on any atom is -0.466 e. The Bertz CT molecular complexity index is 173. The molecule has 0 aromatic heterocycles. The molecule has 0 aliphatic heterocycles. The molecule has 1 fully saturated rings. The number of nitrogens with zero attached hydrogens (tertiary/aromatic N) is 1. The molecule has 0 heterocycles. The van der Waals surface area contributed by atoms with Gasteiger partial charge < -0.3 is 9.64 Å². The second-order valence-electron chi connectivity index (χ2n) is 3.71. The smallest absolute Gasteiger partial charge is 0.302 e. The van der Waals surface area contributed by atoms with E-state index in [-0.39, 0.29) is 5.97 Å². The van der Waals surface area contributed by atoms with Crippen molar-refractivity contribution in [2.75, 3.05) is 20.7 Å². The van der Waals surface area contributed by atoms with Gasteiger partial charge in [-0.1, -0.05) is 0 Å². The normalized spacial score (nSPS) is 19.3. The average molecular weight is 171 g/mol. The zero-order valence-electron chi connectivity index (χ0n) is 8.09.